The van der Waals surface area contributed by atoms with Crippen LogP contribution >= 0.6 is 11.6 Å². The zero-order valence-corrected chi connectivity index (χ0v) is 14.9. The Morgan fingerprint density at radius 2 is 1.88 bits per heavy atom. The second kappa shape index (κ2) is 7.85. The van der Waals surface area contributed by atoms with Crippen LogP contribution in [0.15, 0.2) is 60.9 Å². The summed E-state index contributed by atoms with van der Waals surface area (Å²) < 4.78 is 5.17. The van der Waals surface area contributed by atoms with Gasteiger partial charge in [0, 0.05) is 24.0 Å². The van der Waals surface area contributed by atoms with Crippen LogP contribution < -0.4 is 15.0 Å². The number of ether oxygens (including phenoxy) is 1. The first-order chi connectivity index (χ1) is 12.2. The van der Waals surface area contributed by atoms with Gasteiger partial charge >= 0.3 is 0 Å². The van der Waals surface area contributed by atoms with Gasteiger partial charge < -0.3 is 15.0 Å². The molecule has 0 aliphatic heterocycles. The summed E-state index contributed by atoms with van der Waals surface area (Å²) in [5, 5.41) is 3.79. The summed E-state index contributed by atoms with van der Waals surface area (Å²) in [4.78, 5) is 10.8. The predicted molar refractivity (Wildman–Crippen MR) is 102 cm³/mol. The zero-order chi connectivity index (χ0) is 17.6. The molecule has 0 spiro atoms. The molecule has 3 aromatic rings. The molecular formula is C19H19ClN4O. The van der Waals surface area contributed by atoms with Crippen LogP contribution in [0.2, 0.25) is 5.02 Å². The maximum Gasteiger partial charge on any atom is 0.138 e. The number of halogens is 1. The fourth-order valence-corrected chi connectivity index (χ4v) is 2.80. The highest BCUT2D eigenvalue weighted by atomic mass is 35.5. The Morgan fingerprint density at radius 1 is 1.08 bits per heavy atom. The maximum absolute atomic E-state index is 6.17. The van der Waals surface area contributed by atoms with Gasteiger partial charge in [-0.1, -0.05) is 29.8 Å². The molecule has 0 saturated heterocycles. The Balaban J connectivity index is 1.85. The Morgan fingerprint density at radius 3 is 2.56 bits per heavy atom. The average Bonchev–Trinajstić information content (AvgIpc) is 2.64. The lowest BCUT2D eigenvalue weighted by molar-refractivity contribution is 0.415. The third-order valence-electron chi connectivity index (χ3n) is 3.74. The van der Waals surface area contributed by atoms with Crippen molar-refractivity contribution in [3.63, 3.8) is 0 Å². The van der Waals surface area contributed by atoms with Crippen LogP contribution in [0.3, 0.4) is 0 Å². The molecule has 0 unspecified atom stereocenters. The molecule has 2 aromatic carbocycles. The van der Waals surface area contributed by atoms with Crippen LogP contribution in [0.5, 0.6) is 5.75 Å². The molecule has 0 fully saturated rings. The van der Waals surface area contributed by atoms with E-state index >= 15 is 0 Å². The van der Waals surface area contributed by atoms with Gasteiger partial charge in [-0.3, -0.25) is 0 Å². The quantitative estimate of drug-likeness (QED) is 0.672. The molecule has 128 valence electrons. The molecule has 3 rings (SSSR count). The molecule has 0 aliphatic carbocycles. The summed E-state index contributed by atoms with van der Waals surface area (Å²) in [5.41, 5.74) is 1.92. The second-order valence-electron chi connectivity index (χ2n) is 5.32. The minimum Gasteiger partial charge on any atom is -0.495 e. The Labute approximate surface area is 152 Å². The molecule has 6 heteroatoms. The topological polar surface area (TPSA) is 50.3 Å². The lowest BCUT2D eigenvalue weighted by atomic mass is 10.2. The number of aromatic nitrogens is 2. The molecule has 5 nitrogen and oxygen atoms in total. The van der Waals surface area contributed by atoms with E-state index in [4.69, 9.17) is 16.3 Å². The fraction of sp³-hybridized carbons (Fsp3) is 0.158. The van der Waals surface area contributed by atoms with Crippen molar-refractivity contribution in [2.24, 2.45) is 0 Å². The standard InChI is InChI=1S/C19H19ClN4O/c1-3-24(15-7-5-4-6-8-15)19-12-18(21-13-22-19)23-14-9-10-17(25-2)16(20)11-14/h4-13H,3H2,1-2H3,(H,21,22,23). The monoisotopic (exact) mass is 354 g/mol. The molecule has 0 atom stereocenters. The van der Waals surface area contributed by atoms with Crippen molar-refractivity contribution in [2.75, 3.05) is 23.9 Å². The lowest BCUT2D eigenvalue weighted by Crippen LogP contribution is -2.17. The Hall–Kier alpha value is -2.79. The molecule has 0 saturated carbocycles. The van der Waals surface area contributed by atoms with Crippen molar-refractivity contribution >= 4 is 34.6 Å². The fourth-order valence-electron chi connectivity index (χ4n) is 2.54. The van der Waals surface area contributed by atoms with Crippen LogP contribution in [-0.4, -0.2) is 23.6 Å². The molecule has 0 aliphatic rings. The van der Waals surface area contributed by atoms with Gasteiger partial charge in [0.2, 0.25) is 0 Å². The number of anilines is 4. The summed E-state index contributed by atoms with van der Waals surface area (Å²) >= 11 is 6.17. The van der Waals surface area contributed by atoms with E-state index in [1.807, 2.05) is 36.4 Å². The first-order valence-electron chi connectivity index (χ1n) is 7.96. The highest BCUT2D eigenvalue weighted by Crippen LogP contribution is 2.29. The number of rotatable bonds is 6. The van der Waals surface area contributed by atoms with Crippen LogP contribution in [0.4, 0.5) is 23.0 Å². The minimum absolute atomic E-state index is 0.543. The summed E-state index contributed by atoms with van der Waals surface area (Å²) in [6.07, 6.45) is 1.55. The van der Waals surface area contributed by atoms with Gasteiger partial charge in [0.25, 0.3) is 0 Å². The first-order valence-corrected chi connectivity index (χ1v) is 8.34. The van der Waals surface area contributed by atoms with Crippen molar-refractivity contribution in [3.8, 4) is 5.75 Å². The van der Waals surface area contributed by atoms with E-state index in [-0.39, 0.29) is 0 Å². The van der Waals surface area contributed by atoms with Gasteiger partial charge in [-0.2, -0.15) is 0 Å². The summed E-state index contributed by atoms with van der Waals surface area (Å²) in [5.74, 6) is 2.16. The number of nitrogens with one attached hydrogen (secondary N) is 1. The second-order valence-corrected chi connectivity index (χ2v) is 5.72. The summed E-state index contributed by atoms with van der Waals surface area (Å²) in [6, 6.07) is 17.6. The van der Waals surface area contributed by atoms with E-state index in [9.17, 15) is 0 Å². The zero-order valence-electron chi connectivity index (χ0n) is 14.1. The third-order valence-corrected chi connectivity index (χ3v) is 4.03. The number of methoxy groups -OCH3 is 1. The third kappa shape index (κ3) is 4.00. The number of benzene rings is 2. The van der Waals surface area contributed by atoms with Gasteiger partial charge in [-0.05, 0) is 37.3 Å². The highest BCUT2D eigenvalue weighted by Gasteiger charge is 2.10. The largest absolute Gasteiger partial charge is 0.495 e. The minimum atomic E-state index is 0.543. The summed E-state index contributed by atoms with van der Waals surface area (Å²) in [7, 11) is 1.59. The highest BCUT2D eigenvalue weighted by molar-refractivity contribution is 6.32. The van der Waals surface area contributed by atoms with Gasteiger partial charge in [0.1, 0.15) is 23.7 Å². The van der Waals surface area contributed by atoms with Crippen molar-refractivity contribution in [3.05, 3.63) is 65.9 Å². The summed E-state index contributed by atoms with van der Waals surface area (Å²) in [6.45, 7) is 2.89. The van der Waals surface area contributed by atoms with E-state index in [0.29, 0.717) is 16.6 Å². The Kier molecular flexibility index (Phi) is 5.36. The van der Waals surface area contributed by atoms with Gasteiger partial charge in [-0.25, -0.2) is 9.97 Å². The Bertz CT molecular complexity index is 842. The predicted octanol–water partition coefficient (Wildman–Crippen LogP) is 5.04. The maximum atomic E-state index is 6.17. The molecular weight excluding hydrogens is 336 g/mol. The lowest BCUT2D eigenvalue weighted by Gasteiger charge is -2.22. The average molecular weight is 355 g/mol. The van der Waals surface area contributed by atoms with Crippen LogP contribution in [0, 0.1) is 0 Å². The molecule has 1 N–H and O–H groups in total. The number of hydrogen-bond acceptors (Lipinski definition) is 5. The van der Waals surface area contributed by atoms with Crippen molar-refractivity contribution in [1.82, 2.24) is 9.97 Å². The van der Waals surface area contributed by atoms with E-state index in [1.54, 1.807) is 19.5 Å². The first kappa shape index (κ1) is 17.0. The van der Waals surface area contributed by atoms with E-state index in [1.165, 1.54) is 0 Å². The van der Waals surface area contributed by atoms with Gasteiger partial charge in [0.05, 0.1) is 12.1 Å². The molecule has 0 radical (unpaired) electrons. The van der Waals surface area contributed by atoms with Crippen LogP contribution in [-0.2, 0) is 0 Å². The molecule has 1 heterocycles. The normalized spacial score (nSPS) is 10.4. The van der Waals surface area contributed by atoms with Gasteiger partial charge in [0.15, 0.2) is 0 Å². The van der Waals surface area contributed by atoms with Crippen LogP contribution in [0.1, 0.15) is 6.92 Å². The van der Waals surface area contributed by atoms with Crippen molar-refractivity contribution in [2.45, 2.75) is 6.92 Å². The molecule has 0 bridgehead atoms. The molecule has 25 heavy (non-hydrogen) atoms. The number of hydrogen-bond donors (Lipinski definition) is 1. The number of nitrogens with zero attached hydrogens (tertiary/aromatic N) is 3. The van der Waals surface area contributed by atoms with E-state index in [2.05, 4.69) is 39.2 Å². The van der Waals surface area contributed by atoms with E-state index < -0.39 is 0 Å². The van der Waals surface area contributed by atoms with Crippen molar-refractivity contribution < 1.29 is 4.74 Å². The van der Waals surface area contributed by atoms with Gasteiger partial charge in [-0.15, -0.1) is 0 Å². The van der Waals surface area contributed by atoms with Crippen LogP contribution in [0.25, 0.3) is 0 Å². The SMILES string of the molecule is CCN(c1ccccc1)c1cc(Nc2ccc(OC)c(Cl)c2)ncn1. The smallest absolute Gasteiger partial charge is 0.138 e. The van der Waals surface area contributed by atoms with Crippen molar-refractivity contribution in [1.29, 1.82) is 0 Å². The molecule has 0 amide bonds. The van der Waals surface area contributed by atoms with E-state index in [0.717, 1.165) is 23.7 Å². The molecule has 1 aromatic heterocycles. The number of para-hydroxylation sites is 1.